The van der Waals surface area contributed by atoms with Gasteiger partial charge in [0.15, 0.2) is 5.13 Å². The summed E-state index contributed by atoms with van der Waals surface area (Å²) >= 11 is 1.59. The van der Waals surface area contributed by atoms with Crippen LogP contribution in [0.4, 0.5) is 15.7 Å². The van der Waals surface area contributed by atoms with Crippen molar-refractivity contribution in [2.24, 2.45) is 5.92 Å². The Morgan fingerprint density at radius 3 is 2.89 bits per heavy atom. The fourth-order valence-electron chi connectivity index (χ4n) is 3.12. The van der Waals surface area contributed by atoms with Crippen LogP contribution in [0.25, 0.3) is 0 Å². The number of likely N-dealkylation sites (tertiary alicyclic amines) is 1. The molecule has 27 heavy (non-hydrogen) atoms. The Kier molecular flexibility index (Phi) is 5.94. The first-order chi connectivity index (χ1) is 12.8. The van der Waals surface area contributed by atoms with Gasteiger partial charge < -0.3 is 15.0 Å². The smallest absolute Gasteiger partial charge is 0.410 e. The average Bonchev–Trinajstić information content (AvgIpc) is 2.99. The molecule has 0 aromatic carbocycles. The number of aromatic nitrogens is 3. The number of amides is 1. The van der Waals surface area contributed by atoms with Gasteiger partial charge in [0.05, 0.1) is 0 Å². The van der Waals surface area contributed by atoms with E-state index >= 15 is 0 Å². The third-order valence-corrected chi connectivity index (χ3v) is 5.08. The molecule has 1 aliphatic rings. The molecule has 2 aromatic heterocycles. The van der Waals surface area contributed by atoms with Gasteiger partial charge >= 0.3 is 6.09 Å². The van der Waals surface area contributed by atoms with Crippen LogP contribution in [-0.2, 0) is 11.2 Å². The van der Waals surface area contributed by atoms with Gasteiger partial charge in [0.25, 0.3) is 0 Å². The lowest BCUT2D eigenvalue weighted by atomic mass is 9.93. The molecule has 0 radical (unpaired) electrons. The summed E-state index contributed by atoms with van der Waals surface area (Å²) < 4.78 is 5.51. The zero-order chi connectivity index (χ0) is 19.4. The van der Waals surface area contributed by atoms with Crippen LogP contribution in [0.15, 0.2) is 18.6 Å². The lowest BCUT2D eigenvalue weighted by Crippen LogP contribution is -2.43. The van der Waals surface area contributed by atoms with E-state index < -0.39 is 5.60 Å². The van der Waals surface area contributed by atoms with Crippen LogP contribution in [-0.4, -0.2) is 44.6 Å². The number of piperidine rings is 1. The standard InChI is InChI=1S/C19H27N5O2S/c1-13-10-20-17(27-13)23-16-9-15(21-12-22-16)8-14-6-5-7-24(11-14)18(25)26-19(2,3)4/h9-10,12,14H,5-8,11H2,1-4H3,(H,20,21,22,23). The summed E-state index contributed by atoms with van der Waals surface area (Å²) in [5.74, 6) is 1.12. The van der Waals surface area contributed by atoms with E-state index in [1.165, 1.54) is 0 Å². The second-order valence-corrected chi connectivity index (χ2v) is 9.17. The van der Waals surface area contributed by atoms with E-state index in [2.05, 4.69) is 20.3 Å². The molecular weight excluding hydrogens is 362 g/mol. The molecule has 0 saturated carbocycles. The van der Waals surface area contributed by atoms with E-state index in [0.717, 1.165) is 47.3 Å². The number of ether oxygens (including phenoxy) is 1. The molecule has 1 fully saturated rings. The first kappa shape index (κ1) is 19.5. The summed E-state index contributed by atoms with van der Waals surface area (Å²) in [4.78, 5) is 28.3. The third kappa shape index (κ3) is 5.89. The van der Waals surface area contributed by atoms with Crippen LogP contribution >= 0.6 is 11.3 Å². The monoisotopic (exact) mass is 389 g/mol. The molecule has 2 aromatic rings. The molecule has 3 rings (SSSR count). The van der Waals surface area contributed by atoms with Gasteiger partial charge in [-0.15, -0.1) is 11.3 Å². The molecule has 1 atom stereocenters. The van der Waals surface area contributed by atoms with E-state index in [0.29, 0.717) is 12.5 Å². The predicted molar refractivity (Wildman–Crippen MR) is 106 cm³/mol. The van der Waals surface area contributed by atoms with Crippen LogP contribution in [0.3, 0.4) is 0 Å². The number of nitrogens with zero attached hydrogens (tertiary/aromatic N) is 4. The molecule has 7 nitrogen and oxygen atoms in total. The first-order valence-electron chi connectivity index (χ1n) is 9.27. The normalized spacial score (nSPS) is 17.6. The summed E-state index contributed by atoms with van der Waals surface area (Å²) in [6.07, 6.45) is 6.06. The molecule has 1 saturated heterocycles. The highest BCUT2D eigenvalue weighted by atomic mass is 32.1. The van der Waals surface area contributed by atoms with Crippen LogP contribution in [0, 0.1) is 12.8 Å². The number of carbonyl (C=O) groups is 1. The Hall–Kier alpha value is -2.22. The molecule has 1 N–H and O–H groups in total. The van der Waals surface area contributed by atoms with Crippen molar-refractivity contribution in [2.45, 2.75) is 52.6 Å². The van der Waals surface area contributed by atoms with Crippen molar-refractivity contribution in [2.75, 3.05) is 18.4 Å². The fourth-order valence-corrected chi connectivity index (χ4v) is 3.79. The molecule has 1 aliphatic heterocycles. The maximum absolute atomic E-state index is 12.3. The predicted octanol–water partition coefficient (Wildman–Crippen LogP) is 4.17. The summed E-state index contributed by atoms with van der Waals surface area (Å²) in [6, 6.07) is 1.96. The van der Waals surface area contributed by atoms with Gasteiger partial charge in [0, 0.05) is 35.9 Å². The number of anilines is 2. The summed E-state index contributed by atoms with van der Waals surface area (Å²) in [6.45, 7) is 9.16. The zero-order valence-corrected chi connectivity index (χ0v) is 17.2. The van der Waals surface area contributed by atoms with Crippen molar-refractivity contribution in [3.63, 3.8) is 0 Å². The molecule has 8 heteroatoms. The molecule has 1 unspecified atom stereocenters. The molecule has 1 amide bonds. The number of hydrogen-bond donors (Lipinski definition) is 1. The highest BCUT2D eigenvalue weighted by molar-refractivity contribution is 7.15. The molecular formula is C19H27N5O2S. The lowest BCUT2D eigenvalue weighted by Gasteiger charge is -2.34. The Morgan fingerprint density at radius 1 is 1.37 bits per heavy atom. The van der Waals surface area contributed by atoms with Crippen molar-refractivity contribution >= 4 is 28.4 Å². The zero-order valence-electron chi connectivity index (χ0n) is 16.4. The minimum absolute atomic E-state index is 0.226. The van der Waals surface area contributed by atoms with Gasteiger partial charge in [0.1, 0.15) is 17.7 Å². The van der Waals surface area contributed by atoms with Crippen molar-refractivity contribution < 1.29 is 9.53 Å². The number of aryl methyl sites for hydroxylation is 1. The molecule has 0 spiro atoms. The Morgan fingerprint density at radius 2 is 2.19 bits per heavy atom. The van der Waals surface area contributed by atoms with Gasteiger partial charge in [-0.25, -0.2) is 19.7 Å². The second-order valence-electron chi connectivity index (χ2n) is 7.93. The molecule has 0 bridgehead atoms. The van der Waals surface area contributed by atoms with Gasteiger partial charge in [-0.1, -0.05) is 0 Å². The number of carbonyl (C=O) groups excluding carboxylic acids is 1. The highest BCUT2D eigenvalue weighted by Gasteiger charge is 2.27. The van der Waals surface area contributed by atoms with Gasteiger partial charge in [-0.05, 0) is 52.9 Å². The van der Waals surface area contributed by atoms with Crippen molar-refractivity contribution in [1.82, 2.24) is 19.9 Å². The van der Waals surface area contributed by atoms with Crippen molar-refractivity contribution in [1.29, 1.82) is 0 Å². The van der Waals surface area contributed by atoms with Crippen LogP contribution in [0.1, 0.15) is 44.2 Å². The SMILES string of the molecule is Cc1cnc(Nc2cc(CC3CCCN(C(=O)OC(C)(C)C)C3)ncn2)s1. The largest absolute Gasteiger partial charge is 0.444 e. The number of nitrogens with one attached hydrogen (secondary N) is 1. The number of thiazole rings is 1. The third-order valence-electron chi connectivity index (χ3n) is 4.25. The van der Waals surface area contributed by atoms with E-state index in [-0.39, 0.29) is 6.09 Å². The summed E-state index contributed by atoms with van der Waals surface area (Å²) in [5, 5.41) is 4.05. The van der Waals surface area contributed by atoms with Gasteiger partial charge in [-0.3, -0.25) is 0 Å². The summed E-state index contributed by atoms with van der Waals surface area (Å²) in [7, 11) is 0. The first-order valence-corrected chi connectivity index (χ1v) is 10.1. The van der Waals surface area contributed by atoms with E-state index in [4.69, 9.17) is 4.74 Å². The summed E-state index contributed by atoms with van der Waals surface area (Å²) in [5.41, 5.74) is 0.502. The highest BCUT2D eigenvalue weighted by Crippen LogP contribution is 2.24. The molecule has 3 heterocycles. The number of hydrogen-bond acceptors (Lipinski definition) is 7. The molecule has 146 valence electrons. The molecule has 0 aliphatic carbocycles. The van der Waals surface area contributed by atoms with Crippen LogP contribution < -0.4 is 5.32 Å². The fraction of sp³-hybridized carbons (Fsp3) is 0.579. The van der Waals surface area contributed by atoms with E-state index in [1.54, 1.807) is 17.7 Å². The van der Waals surface area contributed by atoms with E-state index in [1.807, 2.05) is 44.9 Å². The average molecular weight is 390 g/mol. The second kappa shape index (κ2) is 8.21. The van der Waals surface area contributed by atoms with Crippen LogP contribution in [0.5, 0.6) is 0 Å². The lowest BCUT2D eigenvalue weighted by molar-refractivity contribution is 0.0165. The van der Waals surface area contributed by atoms with Crippen molar-refractivity contribution in [3.8, 4) is 0 Å². The maximum atomic E-state index is 12.3. The Balaban J connectivity index is 1.59. The Labute approximate surface area is 164 Å². The Bertz CT molecular complexity index is 786. The minimum Gasteiger partial charge on any atom is -0.444 e. The number of rotatable bonds is 4. The quantitative estimate of drug-likeness (QED) is 0.845. The van der Waals surface area contributed by atoms with E-state index in [9.17, 15) is 4.79 Å². The maximum Gasteiger partial charge on any atom is 0.410 e. The minimum atomic E-state index is -0.467. The van der Waals surface area contributed by atoms with Gasteiger partial charge in [0.2, 0.25) is 0 Å². The van der Waals surface area contributed by atoms with Crippen molar-refractivity contribution in [3.05, 3.63) is 29.2 Å². The van der Waals surface area contributed by atoms with Crippen LogP contribution in [0.2, 0.25) is 0 Å². The topological polar surface area (TPSA) is 80.2 Å². The van der Waals surface area contributed by atoms with Gasteiger partial charge in [-0.2, -0.15) is 0 Å².